The first-order chi connectivity index (χ1) is 8.85. The van der Waals surface area contributed by atoms with E-state index >= 15 is 0 Å². The quantitative estimate of drug-likeness (QED) is 0.723. The number of hydrogen-bond acceptors (Lipinski definition) is 5. The van der Waals surface area contributed by atoms with Gasteiger partial charge in [-0.3, -0.25) is 0 Å². The summed E-state index contributed by atoms with van der Waals surface area (Å²) in [6.07, 6.45) is 5.56. The van der Waals surface area contributed by atoms with E-state index in [2.05, 4.69) is 15.3 Å². The minimum atomic E-state index is 0.796. The maximum atomic E-state index is 5.11. The molecular formula is C12H10N4OS. The maximum absolute atomic E-state index is 5.11. The third-order valence-corrected chi connectivity index (χ3v) is 3.31. The van der Waals surface area contributed by atoms with Crippen LogP contribution in [0.25, 0.3) is 17.1 Å². The van der Waals surface area contributed by atoms with Crippen molar-refractivity contribution in [3.63, 3.8) is 0 Å². The Balaban J connectivity index is 1.82. The SMILES string of the molecule is COc1ccc(/C=C\c2nn3cnnc3s2)cc1. The van der Waals surface area contributed by atoms with E-state index in [1.807, 2.05) is 36.4 Å². The van der Waals surface area contributed by atoms with E-state index in [-0.39, 0.29) is 0 Å². The van der Waals surface area contributed by atoms with Crippen LogP contribution in [0.1, 0.15) is 10.6 Å². The molecule has 1 aromatic carbocycles. The van der Waals surface area contributed by atoms with Gasteiger partial charge in [-0.25, -0.2) is 0 Å². The topological polar surface area (TPSA) is 52.3 Å². The Morgan fingerprint density at radius 2 is 2.06 bits per heavy atom. The molecule has 0 bridgehead atoms. The highest BCUT2D eigenvalue weighted by Gasteiger charge is 2.01. The number of rotatable bonds is 3. The molecule has 3 aromatic rings. The number of benzene rings is 1. The van der Waals surface area contributed by atoms with Crippen LogP contribution in [-0.4, -0.2) is 26.9 Å². The fraction of sp³-hybridized carbons (Fsp3) is 0.0833. The molecule has 2 heterocycles. The molecule has 0 radical (unpaired) electrons. The summed E-state index contributed by atoms with van der Waals surface area (Å²) in [7, 11) is 1.66. The number of ether oxygens (including phenoxy) is 1. The maximum Gasteiger partial charge on any atom is 0.234 e. The molecule has 6 heteroatoms. The minimum Gasteiger partial charge on any atom is -0.497 e. The lowest BCUT2D eigenvalue weighted by molar-refractivity contribution is 0.415. The van der Waals surface area contributed by atoms with Crippen LogP contribution in [0.15, 0.2) is 30.6 Å². The monoisotopic (exact) mass is 258 g/mol. The summed E-state index contributed by atoms with van der Waals surface area (Å²) in [5.41, 5.74) is 1.10. The summed E-state index contributed by atoms with van der Waals surface area (Å²) >= 11 is 1.50. The molecular weight excluding hydrogens is 248 g/mol. The highest BCUT2D eigenvalue weighted by Crippen LogP contribution is 2.16. The standard InChI is InChI=1S/C12H10N4OS/c1-17-10-5-2-9(3-6-10)4-7-11-15-16-8-13-14-12(16)18-11/h2-8H,1H3/b7-4-. The Labute approximate surface area is 107 Å². The van der Waals surface area contributed by atoms with E-state index in [1.54, 1.807) is 18.0 Å². The lowest BCUT2D eigenvalue weighted by Gasteiger charge is -1.98. The Morgan fingerprint density at radius 1 is 1.22 bits per heavy atom. The normalized spacial score (nSPS) is 11.4. The van der Waals surface area contributed by atoms with Crippen molar-refractivity contribution in [1.82, 2.24) is 19.8 Å². The smallest absolute Gasteiger partial charge is 0.234 e. The van der Waals surface area contributed by atoms with Crippen molar-refractivity contribution < 1.29 is 4.74 Å². The van der Waals surface area contributed by atoms with Crippen molar-refractivity contribution in [1.29, 1.82) is 0 Å². The molecule has 0 saturated heterocycles. The van der Waals surface area contributed by atoms with Crippen molar-refractivity contribution >= 4 is 28.4 Å². The first-order valence-electron chi connectivity index (χ1n) is 5.34. The van der Waals surface area contributed by atoms with E-state index in [0.29, 0.717) is 0 Å². The Bertz CT molecular complexity index is 655. The van der Waals surface area contributed by atoms with E-state index in [4.69, 9.17) is 4.74 Å². The van der Waals surface area contributed by atoms with Gasteiger partial charge in [0.15, 0.2) is 0 Å². The zero-order valence-electron chi connectivity index (χ0n) is 9.65. The highest BCUT2D eigenvalue weighted by molar-refractivity contribution is 7.17. The fourth-order valence-electron chi connectivity index (χ4n) is 1.53. The predicted molar refractivity (Wildman–Crippen MR) is 70.6 cm³/mol. The first-order valence-corrected chi connectivity index (χ1v) is 6.16. The number of methoxy groups -OCH3 is 1. The first kappa shape index (κ1) is 10.9. The Hall–Kier alpha value is -2.21. The van der Waals surface area contributed by atoms with Crippen LogP contribution in [0.4, 0.5) is 0 Å². The van der Waals surface area contributed by atoms with E-state index in [0.717, 1.165) is 21.3 Å². The summed E-state index contributed by atoms with van der Waals surface area (Å²) < 4.78 is 6.77. The van der Waals surface area contributed by atoms with Gasteiger partial charge in [-0.2, -0.15) is 9.61 Å². The molecule has 3 rings (SSSR count). The average molecular weight is 258 g/mol. The highest BCUT2D eigenvalue weighted by atomic mass is 32.1. The Morgan fingerprint density at radius 3 is 2.78 bits per heavy atom. The van der Waals surface area contributed by atoms with Crippen molar-refractivity contribution in [2.75, 3.05) is 7.11 Å². The van der Waals surface area contributed by atoms with Crippen molar-refractivity contribution in [3.05, 3.63) is 41.2 Å². The zero-order valence-corrected chi connectivity index (χ0v) is 10.5. The molecule has 0 atom stereocenters. The molecule has 0 unspecified atom stereocenters. The third kappa shape index (κ3) is 2.10. The second kappa shape index (κ2) is 4.58. The predicted octanol–water partition coefficient (Wildman–Crippen LogP) is 2.36. The number of nitrogens with zero attached hydrogens (tertiary/aromatic N) is 4. The molecule has 0 saturated carbocycles. The molecule has 0 amide bonds. The van der Waals surface area contributed by atoms with Gasteiger partial charge in [0.25, 0.3) is 0 Å². The van der Waals surface area contributed by atoms with Crippen LogP contribution in [0.5, 0.6) is 5.75 Å². The molecule has 0 spiro atoms. The van der Waals surface area contributed by atoms with E-state index in [9.17, 15) is 0 Å². The van der Waals surface area contributed by atoms with Crippen LogP contribution >= 0.6 is 11.3 Å². The summed E-state index contributed by atoms with van der Waals surface area (Å²) in [4.78, 5) is 0.796. The van der Waals surface area contributed by atoms with Gasteiger partial charge in [-0.15, -0.1) is 10.2 Å². The van der Waals surface area contributed by atoms with Gasteiger partial charge in [0.2, 0.25) is 4.96 Å². The van der Waals surface area contributed by atoms with E-state index < -0.39 is 0 Å². The largest absolute Gasteiger partial charge is 0.497 e. The minimum absolute atomic E-state index is 0.796. The van der Waals surface area contributed by atoms with Crippen LogP contribution < -0.4 is 4.74 Å². The van der Waals surface area contributed by atoms with Gasteiger partial charge in [-0.1, -0.05) is 29.5 Å². The van der Waals surface area contributed by atoms with Crippen molar-refractivity contribution in [2.45, 2.75) is 0 Å². The van der Waals surface area contributed by atoms with Crippen LogP contribution in [-0.2, 0) is 0 Å². The second-order valence-electron chi connectivity index (χ2n) is 3.60. The fourth-order valence-corrected chi connectivity index (χ4v) is 2.25. The number of hydrogen-bond donors (Lipinski definition) is 0. The average Bonchev–Trinajstić information content (AvgIpc) is 2.97. The molecule has 0 N–H and O–H groups in total. The van der Waals surface area contributed by atoms with Gasteiger partial charge >= 0.3 is 0 Å². The summed E-state index contributed by atoms with van der Waals surface area (Å²) in [5.74, 6) is 0.853. The Kier molecular flexibility index (Phi) is 2.77. The van der Waals surface area contributed by atoms with Crippen LogP contribution in [0, 0.1) is 0 Å². The van der Waals surface area contributed by atoms with Crippen molar-refractivity contribution in [2.24, 2.45) is 0 Å². The molecule has 0 aliphatic carbocycles. The van der Waals surface area contributed by atoms with Gasteiger partial charge in [-0.05, 0) is 23.8 Å². The zero-order chi connectivity index (χ0) is 12.4. The molecule has 5 nitrogen and oxygen atoms in total. The third-order valence-electron chi connectivity index (χ3n) is 2.44. The van der Waals surface area contributed by atoms with Gasteiger partial charge in [0.1, 0.15) is 17.1 Å². The van der Waals surface area contributed by atoms with Gasteiger partial charge in [0, 0.05) is 0 Å². The van der Waals surface area contributed by atoms with Crippen LogP contribution in [0.3, 0.4) is 0 Å². The summed E-state index contributed by atoms with van der Waals surface area (Å²) in [6, 6.07) is 7.85. The van der Waals surface area contributed by atoms with Crippen molar-refractivity contribution in [3.8, 4) is 5.75 Å². The molecule has 90 valence electrons. The lowest BCUT2D eigenvalue weighted by atomic mass is 10.2. The number of fused-ring (bicyclic) bond motifs is 1. The summed E-state index contributed by atoms with van der Waals surface area (Å²) in [5, 5.41) is 12.9. The second-order valence-corrected chi connectivity index (χ2v) is 4.59. The van der Waals surface area contributed by atoms with Gasteiger partial charge < -0.3 is 4.74 Å². The molecule has 0 aliphatic heterocycles. The van der Waals surface area contributed by atoms with E-state index in [1.165, 1.54) is 11.3 Å². The molecule has 2 aromatic heterocycles. The van der Waals surface area contributed by atoms with Crippen LogP contribution in [0.2, 0.25) is 0 Å². The van der Waals surface area contributed by atoms with Gasteiger partial charge in [0.05, 0.1) is 7.11 Å². The molecule has 0 fully saturated rings. The molecule has 18 heavy (non-hydrogen) atoms. The lowest BCUT2D eigenvalue weighted by Crippen LogP contribution is -1.82. The summed E-state index contributed by atoms with van der Waals surface area (Å²) in [6.45, 7) is 0. The molecule has 0 aliphatic rings. The number of aromatic nitrogens is 4.